The Morgan fingerprint density at radius 2 is 0.805 bits per heavy atom. The standard InChI is InChI=1S/C68H127NO8/c1-3-5-7-9-11-13-15-17-19-21-23-25-26-27-28-29-30-31-32-33-34-35-36-38-39-41-43-45-47-49-51-53-55-57-62(71)61(60-76-68-67(75)66(74)65(73)63(59-70)77-68)69-64(72)58-56-54-52-50-48-46-44-42-40-37-24-22-20-18-16-14-12-10-8-6-4-2/h6,8,12,14,18,20,24,37,61-63,65-68,70-71,73-75H,3-5,7,9-11,13,15-17,19,21-23,25-36,38-60H2,1-2H3,(H,69,72)/b8-6-,14-12-,20-18-,37-24-. The number of hydrogen-bond donors (Lipinski definition) is 6. The predicted molar refractivity (Wildman–Crippen MR) is 327 cm³/mol. The molecular weight excluding hydrogens is 959 g/mol. The van der Waals surface area contributed by atoms with Gasteiger partial charge >= 0.3 is 0 Å². The maximum atomic E-state index is 13.1. The van der Waals surface area contributed by atoms with Crippen LogP contribution in [0.4, 0.5) is 0 Å². The van der Waals surface area contributed by atoms with Crippen molar-refractivity contribution < 1.29 is 39.8 Å². The van der Waals surface area contributed by atoms with Crippen molar-refractivity contribution >= 4 is 5.91 Å². The first-order valence-electron chi connectivity index (χ1n) is 33.3. The number of rotatable bonds is 58. The van der Waals surface area contributed by atoms with Crippen molar-refractivity contribution in [2.75, 3.05) is 13.2 Å². The van der Waals surface area contributed by atoms with Crippen molar-refractivity contribution in [2.24, 2.45) is 0 Å². The molecule has 1 amide bonds. The fourth-order valence-electron chi connectivity index (χ4n) is 10.7. The molecule has 1 aliphatic heterocycles. The summed E-state index contributed by atoms with van der Waals surface area (Å²) in [6.45, 7) is 3.76. The Morgan fingerprint density at radius 1 is 0.455 bits per heavy atom. The van der Waals surface area contributed by atoms with Crippen LogP contribution in [0.15, 0.2) is 48.6 Å². The van der Waals surface area contributed by atoms with E-state index in [4.69, 9.17) is 9.47 Å². The molecule has 1 heterocycles. The number of hydrogen-bond acceptors (Lipinski definition) is 8. The van der Waals surface area contributed by atoms with Crippen LogP contribution in [0.3, 0.4) is 0 Å². The normalized spacial score (nSPS) is 19.0. The Bertz CT molecular complexity index is 1350. The second kappa shape index (κ2) is 57.4. The molecule has 7 atom stereocenters. The quantitative estimate of drug-likeness (QED) is 0.0261. The van der Waals surface area contributed by atoms with Gasteiger partial charge in [-0.3, -0.25) is 4.79 Å². The zero-order valence-corrected chi connectivity index (χ0v) is 50.5. The lowest BCUT2D eigenvalue weighted by atomic mass is 9.99. The highest BCUT2D eigenvalue weighted by atomic mass is 16.7. The minimum Gasteiger partial charge on any atom is -0.394 e. The van der Waals surface area contributed by atoms with Gasteiger partial charge in [0.15, 0.2) is 6.29 Å². The summed E-state index contributed by atoms with van der Waals surface area (Å²) in [5, 5.41) is 54.9. The maximum absolute atomic E-state index is 13.1. The van der Waals surface area contributed by atoms with E-state index >= 15 is 0 Å². The van der Waals surface area contributed by atoms with Gasteiger partial charge in [-0.1, -0.05) is 313 Å². The predicted octanol–water partition coefficient (Wildman–Crippen LogP) is 17.6. The summed E-state index contributed by atoms with van der Waals surface area (Å²) in [6.07, 6.45) is 70.3. The number of carbonyl (C=O) groups is 1. The molecule has 0 aromatic rings. The number of amides is 1. The zero-order chi connectivity index (χ0) is 55.8. The average molecular weight is 1090 g/mol. The highest BCUT2D eigenvalue weighted by Crippen LogP contribution is 2.24. The summed E-state index contributed by atoms with van der Waals surface area (Å²) in [5.41, 5.74) is 0. The molecule has 7 unspecified atom stereocenters. The van der Waals surface area contributed by atoms with Gasteiger partial charge in [-0.25, -0.2) is 0 Å². The van der Waals surface area contributed by atoms with Crippen LogP contribution < -0.4 is 5.32 Å². The Labute approximate surface area is 475 Å². The van der Waals surface area contributed by atoms with Crippen molar-refractivity contribution in [2.45, 2.75) is 365 Å². The summed E-state index contributed by atoms with van der Waals surface area (Å²) in [7, 11) is 0. The molecule has 0 bridgehead atoms. The van der Waals surface area contributed by atoms with Gasteiger partial charge in [0.1, 0.15) is 24.4 Å². The number of carbonyl (C=O) groups excluding carboxylic acids is 1. The van der Waals surface area contributed by atoms with E-state index in [1.165, 1.54) is 225 Å². The van der Waals surface area contributed by atoms with Crippen LogP contribution in [-0.2, 0) is 14.3 Å². The van der Waals surface area contributed by atoms with Gasteiger partial charge in [-0.15, -0.1) is 0 Å². The number of aliphatic hydroxyl groups excluding tert-OH is 5. The first kappa shape index (κ1) is 73.2. The summed E-state index contributed by atoms with van der Waals surface area (Å²) in [5.74, 6) is -0.150. The second-order valence-electron chi connectivity index (χ2n) is 23.2. The van der Waals surface area contributed by atoms with E-state index < -0.39 is 49.5 Å². The van der Waals surface area contributed by atoms with Crippen LogP contribution in [0.5, 0.6) is 0 Å². The smallest absolute Gasteiger partial charge is 0.220 e. The molecule has 0 saturated carbocycles. The molecule has 1 aliphatic rings. The van der Waals surface area contributed by atoms with E-state index in [-0.39, 0.29) is 12.5 Å². The number of unbranched alkanes of at least 4 members (excludes halogenated alkanes) is 40. The average Bonchev–Trinajstić information content (AvgIpc) is 3.43. The molecule has 1 saturated heterocycles. The molecule has 9 nitrogen and oxygen atoms in total. The molecule has 0 aromatic carbocycles. The van der Waals surface area contributed by atoms with Crippen molar-refractivity contribution in [1.82, 2.24) is 5.32 Å². The van der Waals surface area contributed by atoms with Crippen LogP contribution in [-0.4, -0.2) is 87.5 Å². The van der Waals surface area contributed by atoms with Crippen molar-refractivity contribution in [3.05, 3.63) is 48.6 Å². The lowest BCUT2D eigenvalue weighted by molar-refractivity contribution is -0.302. The van der Waals surface area contributed by atoms with Gasteiger partial charge in [0.25, 0.3) is 0 Å². The molecule has 0 aliphatic carbocycles. The lowest BCUT2D eigenvalue weighted by Gasteiger charge is -2.40. The van der Waals surface area contributed by atoms with Gasteiger partial charge in [0.05, 0.1) is 25.4 Å². The monoisotopic (exact) mass is 1090 g/mol. The maximum Gasteiger partial charge on any atom is 0.220 e. The highest BCUT2D eigenvalue weighted by Gasteiger charge is 2.44. The van der Waals surface area contributed by atoms with Crippen molar-refractivity contribution in [3.63, 3.8) is 0 Å². The van der Waals surface area contributed by atoms with Gasteiger partial charge in [0.2, 0.25) is 5.91 Å². The van der Waals surface area contributed by atoms with Gasteiger partial charge in [0, 0.05) is 6.42 Å². The summed E-state index contributed by atoms with van der Waals surface area (Å²) in [6, 6.07) is -0.727. The Morgan fingerprint density at radius 3 is 1.19 bits per heavy atom. The summed E-state index contributed by atoms with van der Waals surface area (Å²) in [4.78, 5) is 13.1. The second-order valence-corrected chi connectivity index (χ2v) is 23.2. The first-order valence-corrected chi connectivity index (χ1v) is 33.3. The molecule has 6 N–H and O–H groups in total. The van der Waals surface area contributed by atoms with Gasteiger partial charge in [-0.2, -0.15) is 0 Å². The molecule has 0 radical (unpaired) electrons. The SMILES string of the molecule is CC/C=C\C/C=C\C/C=C\C/C=C\CCCCCCCCCCC(=O)NC(COC1OC(CO)C(O)C(O)C1O)C(O)CCCCCCCCCCCCCCCCCCCCCCCCCCCCCCCCCCC. The highest BCUT2D eigenvalue weighted by molar-refractivity contribution is 5.76. The Hall–Kier alpha value is -1.85. The largest absolute Gasteiger partial charge is 0.394 e. The molecule has 77 heavy (non-hydrogen) atoms. The van der Waals surface area contributed by atoms with E-state index in [0.717, 1.165) is 70.6 Å². The number of nitrogens with one attached hydrogen (secondary N) is 1. The summed E-state index contributed by atoms with van der Waals surface area (Å²) >= 11 is 0. The molecule has 9 heteroatoms. The van der Waals surface area contributed by atoms with Crippen LogP contribution >= 0.6 is 0 Å². The molecule has 1 rings (SSSR count). The number of ether oxygens (including phenoxy) is 2. The summed E-state index contributed by atoms with van der Waals surface area (Å²) < 4.78 is 11.3. The van der Waals surface area contributed by atoms with Crippen molar-refractivity contribution in [3.8, 4) is 0 Å². The zero-order valence-electron chi connectivity index (χ0n) is 50.5. The molecular formula is C68H127NO8. The molecule has 0 aromatic heterocycles. The minimum absolute atomic E-state index is 0.141. The third kappa shape index (κ3) is 46.5. The van der Waals surface area contributed by atoms with Crippen molar-refractivity contribution in [1.29, 1.82) is 0 Å². The molecule has 1 fully saturated rings. The number of aliphatic hydroxyl groups is 5. The topological polar surface area (TPSA) is 149 Å². The van der Waals surface area contributed by atoms with Crippen LogP contribution in [0.1, 0.15) is 322 Å². The van der Waals surface area contributed by atoms with E-state index in [1.54, 1.807) is 0 Å². The van der Waals surface area contributed by atoms with Crippen LogP contribution in [0, 0.1) is 0 Å². The van der Waals surface area contributed by atoms with E-state index in [0.29, 0.717) is 12.8 Å². The van der Waals surface area contributed by atoms with Crippen LogP contribution in [0.2, 0.25) is 0 Å². The Balaban J connectivity index is 2.11. The minimum atomic E-state index is -1.56. The van der Waals surface area contributed by atoms with Gasteiger partial charge in [-0.05, 0) is 51.4 Å². The fourth-order valence-corrected chi connectivity index (χ4v) is 10.7. The van der Waals surface area contributed by atoms with Gasteiger partial charge < -0.3 is 40.3 Å². The van der Waals surface area contributed by atoms with E-state index in [2.05, 4.69) is 67.8 Å². The number of allylic oxidation sites excluding steroid dienone is 8. The third-order valence-electron chi connectivity index (χ3n) is 15.9. The molecule has 452 valence electrons. The van der Waals surface area contributed by atoms with E-state index in [1.807, 2.05) is 0 Å². The Kier molecular flexibility index (Phi) is 54.5. The van der Waals surface area contributed by atoms with Crippen LogP contribution in [0.25, 0.3) is 0 Å². The van der Waals surface area contributed by atoms with E-state index in [9.17, 15) is 30.3 Å². The third-order valence-corrected chi connectivity index (χ3v) is 15.9. The molecule has 0 spiro atoms. The fraction of sp³-hybridized carbons (Fsp3) is 0.868. The lowest BCUT2D eigenvalue weighted by Crippen LogP contribution is -2.60. The first-order chi connectivity index (χ1) is 37.8.